The van der Waals surface area contributed by atoms with Crippen LogP contribution in [0.15, 0.2) is 39.7 Å². The highest BCUT2D eigenvalue weighted by Gasteiger charge is 2.33. The van der Waals surface area contributed by atoms with Crippen molar-refractivity contribution in [3.63, 3.8) is 0 Å². The van der Waals surface area contributed by atoms with Crippen LogP contribution in [-0.4, -0.2) is 32.7 Å². The molecule has 0 saturated carbocycles. The summed E-state index contributed by atoms with van der Waals surface area (Å²) in [6, 6.07) is 5.82. The van der Waals surface area contributed by atoms with E-state index >= 15 is 0 Å². The van der Waals surface area contributed by atoms with Gasteiger partial charge in [0.05, 0.1) is 21.9 Å². The molecule has 1 fully saturated rings. The Labute approximate surface area is 177 Å². The van der Waals surface area contributed by atoms with Gasteiger partial charge in [0, 0.05) is 18.2 Å². The van der Waals surface area contributed by atoms with Crippen LogP contribution in [0.25, 0.3) is 17.4 Å². The van der Waals surface area contributed by atoms with E-state index in [9.17, 15) is 22.8 Å². The van der Waals surface area contributed by atoms with E-state index in [2.05, 4.69) is 0 Å². The van der Waals surface area contributed by atoms with Gasteiger partial charge in [0.1, 0.15) is 15.8 Å². The fraction of sp³-hybridized carbons (Fsp3) is 0.167. The third-order valence-corrected chi connectivity index (χ3v) is 5.59. The highest BCUT2D eigenvalue weighted by molar-refractivity contribution is 8.26. The van der Waals surface area contributed by atoms with Crippen molar-refractivity contribution in [2.24, 2.45) is 0 Å². The van der Waals surface area contributed by atoms with Gasteiger partial charge in [-0.25, -0.2) is 0 Å². The summed E-state index contributed by atoms with van der Waals surface area (Å²) in [5.74, 6) is -1.20. The molecule has 0 aliphatic carbocycles. The first kappa shape index (κ1) is 21.4. The molecule has 0 bridgehead atoms. The average Bonchev–Trinajstić information content (AvgIpc) is 3.18. The van der Waals surface area contributed by atoms with Gasteiger partial charge in [0.15, 0.2) is 0 Å². The van der Waals surface area contributed by atoms with Gasteiger partial charge in [-0.3, -0.25) is 14.5 Å². The van der Waals surface area contributed by atoms with Crippen molar-refractivity contribution in [2.75, 3.05) is 6.54 Å². The lowest BCUT2D eigenvalue weighted by atomic mass is 10.1. The van der Waals surface area contributed by atoms with Crippen LogP contribution < -0.4 is 0 Å². The van der Waals surface area contributed by atoms with Crippen LogP contribution >= 0.6 is 35.6 Å². The van der Waals surface area contributed by atoms with Crippen LogP contribution in [0.5, 0.6) is 0 Å². The number of halogens is 4. The quantitative estimate of drug-likeness (QED) is 0.481. The van der Waals surface area contributed by atoms with Crippen LogP contribution in [0.1, 0.15) is 17.7 Å². The lowest BCUT2D eigenvalue weighted by molar-refractivity contribution is -0.138. The smallest absolute Gasteiger partial charge is 0.416 e. The molecule has 0 unspecified atom stereocenters. The van der Waals surface area contributed by atoms with Crippen LogP contribution in [0.4, 0.5) is 13.2 Å². The minimum absolute atomic E-state index is 0.0550. The predicted molar refractivity (Wildman–Crippen MR) is 106 cm³/mol. The van der Waals surface area contributed by atoms with Crippen LogP contribution in [0.3, 0.4) is 0 Å². The lowest BCUT2D eigenvalue weighted by Gasteiger charge is -2.12. The molecular formula is C18H11ClF3NO4S2. The van der Waals surface area contributed by atoms with Crippen molar-refractivity contribution in [3.8, 4) is 11.3 Å². The number of benzene rings is 1. The maximum atomic E-state index is 12.9. The number of hydrogen-bond donors (Lipinski definition) is 1. The van der Waals surface area contributed by atoms with Gasteiger partial charge in [-0.15, -0.1) is 0 Å². The summed E-state index contributed by atoms with van der Waals surface area (Å²) < 4.78 is 44.6. The Kier molecular flexibility index (Phi) is 6.06. The standard InChI is InChI=1S/C18H11ClF3NO4S2/c19-12-3-1-9(18(20,21)22)7-11(12)13-4-2-10(27-13)8-14-16(26)23(17(28)29-14)6-5-15(24)25/h1-4,7-8H,5-6H2,(H,24,25). The SMILES string of the molecule is O=C(O)CCN1C(=O)C(=Cc2ccc(-c3cc(C(F)(F)F)ccc3Cl)o2)SC1=S. The largest absolute Gasteiger partial charge is 0.481 e. The van der Waals surface area contributed by atoms with Crippen molar-refractivity contribution in [3.05, 3.63) is 51.6 Å². The van der Waals surface area contributed by atoms with E-state index in [-0.39, 0.29) is 44.3 Å². The van der Waals surface area contributed by atoms with E-state index in [1.165, 1.54) is 23.1 Å². The van der Waals surface area contributed by atoms with Crippen molar-refractivity contribution in [2.45, 2.75) is 12.6 Å². The number of alkyl halides is 3. The maximum absolute atomic E-state index is 12.9. The number of thioether (sulfide) groups is 1. The maximum Gasteiger partial charge on any atom is 0.416 e. The first-order chi connectivity index (χ1) is 13.6. The number of thiocarbonyl (C=S) groups is 1. The van der Waals surface area contributed by atoms with Gasteiger partial charge in [-0.1, -0.05) is 35.6 Å². The number of rotatable bonds is 5. The summed E-state index contributed by atoms with van der Waals surface area (Å²) in [6.45, 7) is -0.0550. The number of nitrogens with zero attached hydrogens (tertiary/aromatic N) is 1. The molecule has 29 heavy (non-hydrogen) atoms. The minimum Gasteiger partial charge on any atom is -0.481 e. The average molecular weight is 462 g/mol. The second kappa shape index (κ2) is 8.21. The zero-order valence-corrected chi connectivity index (χ0v) is 16.7. The van der Waals surface area contributed by atoms with E-state index in [1.54, 1.807) is 0 Å². The molecule has 1 aromatic carbocycles. The molecule has 1 amide bonds. The Morgan fingerprint density at radius 3 is 2.69 bits per heavy atom. The highest BCUT2D eigenvalue weighted by atomic mass is 35.5. The zero-order chi connectivity index (χ0) is 21.3. The second-order valence-corrected chi connectivity index (χ2v) is 7.95. The number of carboxylic acid groups (broad SMARTS) is 1. The summed E-state index contributed by atoms with van der Waals surface area (Å²) in [4.78, 5) is 24.5. The zero-order valence-electron chi connectivity index (χ0n) is 14.3. The molecule has 2 heterocycles. The number of hydrogen-bond acceptors (Lipinski definition) is 5. The first-order valence-corrected chi connectivity index (χ1v) is 9.60. The summed E-state index contributed by atoms with van der Waals surface area (Å²) >= 11 is 12.1. The molecule has 11 heteroatoms. The summed E-state index contributed by atoms with van der Waals surface area (Å²) in [5, 5.41) is 8.83. The van der Waals surface area contributed by atoms with Crippen LogP contribution in [0.2, 0.25) is 5.02 Å². The molecule has 1 aliphatic rings. The monoisotopic (exact) mass is 461 g/mol. The summed E-state index contributed by atoms with van der Waals surface area (Å²) in [5.41, 5.74) is -0.802. The van der Waals surface area contributed by atoms with Gasteiger partial charge < -0.3 is 9.52 Å². The number of carbonyl (C=O) groups is 2. The molecule has 0 spiro atoms. The number of carbonyl (C=O) groups excluding carboxylic acids is 1. The molecule has 0 radical (unpaired) electrons. The molecule has 152 valence electrons. The van der Waals surface area contributed by atoms with Crippen molar-refractivity contribution in [1.82, 2.24) is 4.90 Å². The van der Waals surface area contributed by atoms with E-state index in [0.717, 1.165) is 30.0 Å². The Balaban J connectivity index is 1.85. The third kappa shape index (κ3) is 4.82. The van der Waals surface area contributed by atoms with Crippen molar-refractivity contribution in [1.29, 1.82) is 0 Å². The Bertz CT molecular complexity index is 1030. The molecule has 0 atom stereocenters. The number of carboxylic acids is 1. The van der Waals surface area contributed by atoms with Crippen molar-refractivity contribution >= 4 is 57.9 Å². The molecule has 1 N–H and O–H groups in total. The third-order valence-electron chi connectivity index (χ3n) is 3.88. The fourth-order valence-electron chi connectivity index (χ4n) is 2.50. The van der Waals surface area contributed by atoms with E-state index in [4.69, 9.17) is 33.3 Å². The van der Waals surface area contributed by atoms with E-state index < -0.39 is 23.6 Å². The van der Waals surface area contributed by atoms with Crippen LogP contribution in [-0.2, 0) is 15.8 Å². The molecule has 2 aromatic rings. The predicted octanol–water partition coefficient (Wildman–Crippen LogP) is 5.29. The normalized spacial score (nSPS) is 16.1. The fourth-order valence-corrected chi connectivity index (χ4v) is 3.99. The van der Waals surface area contributed by atoms with E-state index in [0.29, 0.717) is 0 Å². The number of furan rings is 1. The Morgan fingerprint density at radius 1 is 1.31 bits per heavy atom. The molecule has 1 aliphatic heterocycles. The van der Waals surface area contributed by atoms with Gasteiger partial charge >= 0.3 is 12.1 Å². The minimum atomic E-state index is -4.53. The van der Waals surface area contributed by atoms with E-state index in [1.807, 2.05) is 0 Å². The molecule has 1 saturated heterocycles. The molecule has 3 rings (SSSR count). The molecular weight excluding hydrogens is 451 g/mol. The first-order valence-electron chi connectivity index (χ1n) is 8.00. The topological polar surface area (TPSA) is 70.8 Å². The van der Waals surface area contributed by atoms with Gasteiger partial charge in [-0.2, -0.15) is 13.2 Å². The van der Waals surface area contributed by atoms with Crippen molar-refractivity contribution < 1.29 is 32.3 Å². The highest BCUT2D eigenvalue weighted by Crippen LogP contribution is 2.38. The number of aliphatic carboxylic acids is 1. The summed E-state index contributed by atoms with van der Waals surface area (Å²) in [7, 11) is 0. The second-order valence-electron chi connectivity index (χ2n) is 5.87. The lowest BCUT2D eigenvalue weighted by Crippen LogP contribution is -2.30. The summed E-state index contributed by atoms with van der Waals surface area (Å²) in [6.07, 6.45) is -3.39. The number of amides is 1. The Hall–Kier alpha value is -2.30. The van der Waals surface area contributed by atoms with Gasteiger partial charge in [0.2, 0.25) is 0 Å². The van der Waals surface area contributed by atoms with Gasteiger partial charge in [-0.05, 0) is 30.3 Å². The molecule has 5 nitrogen and oxygen atoms in total. The van der Waals surface area contributed by atoms with Gasteiger partial charge in [0.25, 0.3) is 5.91 Å². The Morgan fingerprint density at radius 2 is 2.03 bits per heavy atom. The van der Waals surface area contributed by atoms with Crippen LogP contribution in [0, 0.1) is 0 Å². The molecule has 1 aromatic heterocycles.